The van der Waals surface area contributed by atoms with E-state index in [4.69, 9.17) is 23.2 Å². The quantitative estimate of drug-likeness (QED) is 0.767. The van der Waals surface area contributed by atoms with Gasteiger partial charge in [0.2, 0.25) is 0 Å². The first-order valence-electron chi connectivity index (χ1n) is 3.34. The average molecular weight is 259 g/mol. The molecule has 7 heteroatoms. The van der Waals surface area contributed by atoms with E-state index >= 15 is 0 Å². The SMILES string of the molecule is COc1cc(Cl)c(Cl)cc1S(=O)(=O)F. The molecule has 0 radical (unpaired) electrons. The van der Waals surface area contributed by atoms with Crippen LogP contribution >= 0.6 is 23.2 Å². The molecule has 14 heavy (non-hydrogen) atoms. The van der Waals surface area contributed by atoms with Gasteiger partial charge < -0.3 is 4.74 Å². The Kier molecular flexibility index (Phi) is 3.24. The Bertz CT molecular complexity index is 458. The Morgan fingerprint density at radius 1 is 1.29 bits per heavy atom. The van der Waals surface area contributed by atoms with Gasteiger partial charge in [-0.25, -0.2) is 0 Å². The van der Waals surface area contributed by atoms with E-state index in [1.165, 1.54) is 7.11 Å². The summed E-state index contributed by atoms with van der Waals surface area (Å²) in [6.07, 6.45) is 0. The van der Waals surface area contributed by atoms with E-state index in [1.54, 1.807) is 0 Å². The Labute approximate surface area is 90.6 Å². The summed E-state index contributed by atoms with van der Waals surface area (Å²) in [5, 5.41) is 0.0413. The van der Waals surface area contributed by atoms with Gasteiger partial charge in [0.1, 0.15) is 10.6 Å². The molecule has 0 heterocycles. The molecule has 0 saturated carbocycles. The van der Waals surface area contributed by atoms with Crippen LogP contribution in [0.25, 0.3) is 0 Å². The van der Waals surface area contributed by atoms with Crippen LogP contribution in [0.1, 0.15) is 0 Å². The van der Waals surface area contributed by atoms with Gasteiger partial charge in [-0.15, -0.1) is 3.89 Å². The van der Waals surface area contributed by atoms with Crippen LogP contribution in [0, 0.1) is 0 Å². The van der Waals surface area contributed by atoms with Crippen molar-refractivity contribution >= 4 is 33.4 Å². The van der Waals surface area contributed by atoms with E-state index < -0.39 is 15.1 Å². The summed E-state index contributed by atoms with van der Waals surface area (Å²) in [7, 11) is -3.65. The van der Waals surface area contributed by atoms with Crippen molar-refractivity contribution in [1.29, 1.82) is 0 Å². The van der Waals surface area contributed by atoms with Gasteiger partial charge in [0.15, 0.2) is 0 Å². The second-order valence-corrected chi connectivity index (χ2v) is 4.48. The Hall–Kier alpha value is -0.520. The molecule has 0 fully saturated rings. The molecule has 0 amide bonds. The standard InChI is InChI=1S/C7H5Cl2FO3S/c1-13-6-2-4(8)5(9)3-7(6)14(10,11)12/h2-3H,1H3. The highest BCUT2D eigenvalue weighted by Gasteiger charge is 2.20. The van der Waals surface area contributed by atoms with Crippen LogP contribution in [0.4, 0.5) is 3.89 Å². The molecule has 0 atom stereocenters. The van der Waals surface area contributed by atoms with Gasteiger partial charge in [-0.05, 0) is 6.07 Å². The lowest BCUT2D eigenvalue weighted by Crippen LogP contribution is -1.97. The molecule has 0 aliphatic carbocycles. The third-order valence-corrected chi connectivity index (χ3v) is 3.04. The summed E-state index contributed by atoms with van der Waals surface area (Å²) in [5.41, 5.74) is 0. The van der Waals surface area contributed by atoms with Crippen molar-refractivity contribution < 1.29 is 17.0 Å². The van der Waals surface area contributed by atoms with Crippen molar-refractivity contribution in [3.8, 4) is 5.75 Å². The van der Waals surface area contributed by atoms with Crippen molar-refractivity contribution in [1.82, 2.24) is 0 Å². The zero-order valence-electron chi connectivity index (χ0n) is 6.92. The zero-order valence-corrected chi connectivity index (χ0v) is 9.25. The topological polar surface area (TPSA) is 43.4 Å². The van der Waals surface area contributed by atoms with E-state index in [9.17, 15) is 12.3 Å². The van der Waals surface area contributed by atoms with Crippen LogP contribution in [-0.2, 0) is 10.2 Å². The molecular formula is C7H5Cl2FO3S. The highest BCUT2D eigenvalue weighted by atomic mass is 35.5. The predicted molar refractivity (Wildman–Crippen MR) is 51.3 cm³/mol. The third kappa shape index (κ3) is 2.29. The smallest absolute Gasteiger partial charge is 0.335 e. The van der Waals surface area contributed by atoms with Crippen molar-refractivity contribution in [2.24, 2.45) is 0 Å². The first-order valence-corrected chi connectivity index (χ1v) is 5.48. The summed E-state index contributed by atoms with van der Waals surface area (Å²) in [4.78, 5) is -0.630. The number of hydrogen-bond donors (Lipinski definition) is 0. The van der Waals surface area contributed by atoms with Crippen LogP contribution in [0.5, 0.6) is 5.75 Å². The largest absolute Gasteiger partial charge is 0.495 e. The molecule has 0 spiro atoms. The second kappa shape index (κ2) is 3.92. The molecule has 0 N–H and O–H groups in total. The molecule has 1 rings (SSSR count). The Morgan fingerprint density at radius 2 is 1.79 bits per heavy atom. The van der Waals surface area contributed by atoms with Crippen molar-refractivity contribution in [2.45, 2.75) is 4.90 Å². The monoisotopic (exact) mass is 258 g/mol. The second-order valence-electron chi connectivity index (χ2n) is 2.36. The number of hydrogen-bond acceptors (Lipinski definition) is 3. The molecule has 1 aromatic rings. The van der Waals surface area contributed by atoms with E-state index in [2.05, 4.69) is 4.74 Å². The summed E-state index contributed by atoms with van der Waals surface area (Å²) in [6.45, 7) is 0. The molecule has 78 valence electrons. The molecule has 0 bridgehead atoms. The van der Waals surface area contributed by atoms with E-state index in [1.807, 2.05) is 0 Å². The third-order valence-electron chi connectivity index (χ3n) is 1.47. The van der Waals surface area contributed by atoms with Crippen LogP contribution in [0.2, 0.25) is 10.0 Å². The zero-order chi connectivity index (χ0) is 10.9. The lowest BCUT2D eigenvalue weighted by molar-refractivity contribution is 0.401. The van der Waals surface area contributed by atoms with Gasteiger partial charge in [0.25, 0.3) is 0 Å². The fraction of sp³-hybridized carbons (Fsp3) is 0.143. The lowest BCUT2D eigenvalue weighted by Gasteiger charge is -2.06. The predicted octanol–water partition coefficient (Wildman–Crippen LogP) is 2.66. The summed E-state index contributed by atoms with van der Waals surface area (Å²) in [6, 6.07) is 2.04. The highest BCUT2D eigenvalue weighted by Crippen LogP contribution is 2.33. The highest BCUT2D eigenvalue weighted by molar-refractivity contribution is 7.86. The molecule has 3 nitrogen and oxygen atoms in total. The molecule has 0 aliphatic heterocycles. The molecule has 0 aromatic heterocycles. The van der Waals surface area contributed by atoms with Crippen LogP contribution in [0.3, 0.4) is 0 Å². The van der Waals surface area contributed by atoms with Crippen molar-refractivity contribution in [3.63, 3.8) is 0 Å². The molecule has 0 saturated heterocycles. The van der Waals surface area contributed by atoms with E-state index in [-0.39, 0.29) is 15.8 Å². The lowest BCUT2D eigenvalue weighted by atomic mass is 10.3. The van der Waals surface area contributed by atoms with Crippen LogP contribution in [0.15, 0.2) is 17.0 Å². The maximum Gasteiger partial charge on any atom is 0.335 e. The fourth-order valence-electron chi connectivity index (χ4n) is 0.860. The van der Waals surface area contributed by atoms with Gasteiger partial charge in [-0.1, -0.05) is 23.2 Å². The fourth-order valence-corrected chi connectivity index (χ4v) is 1.88. The summed E-state index contributed by atoms with van der Waals surface area (Å²) >= 11 is 11.1. The minimum Gasteiger partial charge on any atom is -0.495 e. The number of rotatable bonds is 2. The van der Waals surface area contributed by atoms with Gasteiger partial charge in [0.05, 0.1) is 17.2 Å². The van der Waals surface area contributed by atoms with E-state index in [0.717, 1.165) is 12.1 Å². The minimum atomic E-state index is -4.85. The number of ether oxygens (including phenoxy) is 1. The van der Waals surface area contributed by atoms with Crippen LogP contribution in [-0.4, -0.2) is 15.5 Å². The van der Waals surface area contributed by atoms with Gasteiger partial charge >= 0.3 is 10.2 Å². The summed E-state index contributed by atoms with van der Waals surface area (Å²) in [5.74, 6) is -0.179. The van der Waals surface area contributed by atoms with Crippen molar-refractivity contribution in [3.05, 3.63) is 22.2 Å². The van der Waals surface area contributed by atoms with Crippen molar-refractivity contribution in [2.75, 3.05) is 7.11 Å². The van der Waals surface area contributed by atoms with Gasteiger partial charge in [-0.3, -0.25) is 0 Å². The molecule has 0 unspecified atom stereocenters. The van der Waals surface area contributed by atoms with Gasteiger partial charge in [0, 0.05) is 6.07 Å². The Morgan fingerprint density at radius 3 is 2.21 bits per heavy atom. The first kappa shape index (κ1) is 11.6. The number of methoxy groups -OCH3 is 1. The Balaban J connectivity index is 3.51. The minimum absolute atomic E-state index is 0.0521. The molecule has 0 aliphatic rings. The first-order chi connectivity index (χ1) is 6.36. The van der Waals surface area contributed by atoms with Crippen LogP contribution < -0.4 is 4.74 Å². The maximum atomic E-state index is 12.7. The maximum absolute atomic E-state index is 12.7. The van der Waals surface area contributed by atoms with Gasteiger partial charge in [-0.2, -0.15) is 8.42 Å². The summed E-state index contributed by atoms with van der Waals surface area (Å²) < 4.78 is 38.6. The number of benzene rings is 1. The molecular weight excluding hydrogens is 254 g/mol. The normalized spacial score (nSPS) is 11.4. The van der Waals surface area contributed by atoms with E-state index in [0.29, 0.717) is 0 Å². The molecule has 1 aromatic carbocycles. The average Bonchev–Trinajstić information content (AvgIpc) is 2.07. The number of halogens is 3.